The van der Waals surface area contributed by atoms with E-state index in [4.69, 9.17) is 14.5 Å². The molecule has 1 aliphatic heterocycles. The molecule has 14 heteroatoms. The van der Waals surface area contributed by atoms with Gasteiger partial charge in [0.25, 0.3) is 0 Å². The van der Waals surface area contributed by atoms with Crippen LogP contribution in [-0.4, -0.2) is 64.1 Å². The number of ether oxygens (including phenoxy) is 1. The number of hydrogen-bond acceptors (Lipinski definition) is 10. The fourth-order valence-corrected chi connectivity index (χ4v) is 3.05. The average molecular weight is 380 g/mol. The molecule has 4 N–H and O–H groups in total. The van der Waals surface area contributed by atoms with Crippen LogP contribution in [0.5, 0.6) is 0 Å². The van der Waals surface area contributed by atoms with Gasteiger partial charge in [0.05, 0.1) is 12.5 Å². The fraction of sp³-hybridized carbons (Fsp3) is 0.500. The van der Waals surface area contributed by atoms with Crippen LogP contribution in [0.25, 0.3) is 11.2 Å². The van der Waals surface area contributed by atoms with Crippen LogP contribution in [-0.2, 0) is 18.0 Å². The quantitative estimate of drug-likeness (QED) is 0.182. The normalized spacial score (nSPS) is 29.2. The van der Waals surface area contributed by atoms with Crippen LogP contribution in [0.1, 0.15) is 6.23 Å². The molecule has 0 spiro atoms. The van der Waals surface area contributed by atoms with Crippen LogP contribution >= 0.6 is 20.7 Å². The average Bonchev–Trinajstić information content (AvgIpc) is 3.07. The van der Waals surface area contributed by atoms with Crippen LogP contribution in [0.4, 0.5) is 0 Å². The Bertz CT molecular complexity index is 770. The first kappa shape index (κ1) is 17.7. The molecule has 1 aliphatic rings. The van der Waals surface area contributed by atoms with Gasteiger partial charge in [0.2, 0.25) is 6.29 Å². The predicted molar refractivity (Wildman–Crippen MR) is 78.2 cm³/mol. The number of hydrogen-bond donors (Lipinski definition) is 5. The number of aliphatic hydroxyl groups is 2. The molecule has 0 aliphatic carbocycles. The molecule has 2 aromatic heterocycles. The number of aromatic nitrogens is 4. The van der Waals surface area contributed by atoms with Crippen LogP contribution in [0.2, 0.25) is 0 Å². The van der Waals surface area contributed by atoms with Gasteiger partial charge in [-0.2, -0.15) is 0 Å². The largest absolute Gasteiger partial charge is 0.472 e. The number of nitrogens with zero attached hydrogens (tertiary/aromatic N) is 4. The standard InChI is InChI=1S/C10H13N4O8PS/c15-5-6(16)9(14-3-13-4-1-11-2-12-8(4)14)20-7(5)10(22-24)21-23(17,18)19/h1-3,5-7,9-10,15-16,24H,(H2,17,18,19)/t5-,6+,7-,9+,10+/m0/s1. The van der Waals surface area contributed by atoms with Crippen molar-refractivity contribution >= 4 is 31.9 Å². The first-order chi connectivity index (χ1) is 11.3. The monoisotopic (exact) mass is 380 g/mol. The third kappa shape index (κ3) is 3.31. The summed E-state index contributed by atoms with van der Waals surface area (Å²) in [6, 6.07) is 0. The van der Waals surface area contributed by atoms with Gasteiger partial charge in [-0.1, -0.05) is 0 Å². The van der Waals surface area contributed by atoms with Crippen molar-refractivity contribution in [2.24, 2.45) is 0 Å². The Balaban J connectivity index is 1.88. The van der Waals surface area contributed by atoms with Crippen molar-refractivity contribution in [3.8, 4) is 0 Å². The van der Waals surface area contributed by atoms with Crippen LogP contribution in [0.15, 0.2) is 18.9 Å². The summed E-state index contributed by atoms with van der Waals surface area (Å²) in [6.07, 6.45) is -3.29. The first-order valence-electron chi connectivity index (χ1n) is 6.50. The molecule has 1 saturated heterocycles. The molecule has 0 saturated carbocycles. The topological polar surface area (TPSA) is 169 Å². The summed E-state index contributed by atoms with van der Waals surface area (Å²) in [6.45, 7) is 0. The number of phosphoric acid groups is 1. The fourth-order valence-electron chi connectivity index (χ4n) is 2.39. The van der Waals surface area contributed by atoms with E-state index < -0.39 is 38.7 Å². The van der Waals surface area contributed by atoms with E-state index in [1.807, 2.05) is 0 Å². The molecule has 24 heavy (non-hydrogen) atoms. The summed E-state index contributed by atoms with van der Waals surface area (Å²) in [5.41, 5.74) is 0.765. The third-order valence-corrected chi connectivity index (χ3v) is 4.09. The van der Waals surface area contributed by atoms with Gasteiger partial charge in [0, 0.05) is 0 Å². The highest BCUT2D eigenvalue weighted by atomic mass is 32.1. The zero-order chi connectivity index (χ0) is 17.5. The van der Waals surface area contributed by atoms with Crippen molar-refractivity contribution in [3.05, 3.63) is 18.9 Å². The summed E-state index contributed by atoms with van der Waals surface area (Å²) in [7, 11) is -4.94. The Hall–Kier alpha value is -1.15. The van der Waals surface area contributed by atoms with Crippen molar-refractivity contribution in [3.63, 3.8) is 0 Å². The number of imidazole rings is 1. The second-order valence-electron chi connectivity index (χ2n) is 4.93. The van der Waals surface area contributed by atoms with Crippen molar-refractivity contribution in [1.29, 1.82) is 0 Å². The molecule has 3 rings (SSSR count). The van der Waals surface area contributed by atoms with E-state index in [0.717, 1.165) is 0 Å². The van der Waals surface area contributed by atoms with Gasteiger partial charge in [-0.15, -0.1) is 0 Å². The molecule has 1 fully saturated rings. The second-order valence-corrected chi connectivity index (χ2v) is 6.33. The first-order valence-corrected chi connectivity index (χ1v) is 8.39. The lowest BCUT2D eigenvalue weighted by Crippen LogP contribution is -2.40. The highest BCUT2D eigenvalue weighted by Crippen LogP contribution is 2.42. The Morgan fingerprint density at radius 3 is 2.75 bits per heavy atom. The molecule has 0 aromatic carbocycles. The number of phosphoric ester groups is 1. The SMILES string of the molecule is O=P(O)(O)O[C@H](OS)[C@H]1O[C@@H](n2cnc3cncnc32)[C@H](O)[C@@H]1O. The van der Waals surface area contributed by atoms with Gasteiger partial charge >= 0.3 is 7.82 Å². The van der Waals surface area contributed by atoms with Crippen LogP contribution in [0.3, 0.4) is 0 Å². The van der Waals surface area contributed by atoms with Crippen molar-refractivity contribution in [2.75, 3.05) is 0 Å². The number of fused-ring (bicyclic) bond motifs is 1. The second kappa shape index (κ2) is 6.63. The Kier molecular flexibility index (Phi) is 4.88. The van der Waals surface area contributed by atoms with E-state index in [1.54, 1.807) is 0 Å². The maximum absolute atomic E-state index is 11.0. The van der Waals surface area contributed by atoms with Crippen LogP contribution < -0.4 is 0 Å². The molecule has 132 valence electrons. The summed E-state index contributed by atoms with van der Waals surface area (Å²) < 4.78 is 26.6. The molecule has 3 heterocycles. The minimum atomic E-state index is -4.94. The van der Waals surface area contributed by atoms with E-state index >= 15 is 0 Å². The Morgan fingerprint density at radius 1 is 1.33 bits per heavy atom. The van der Waals surface area contributed by atoms with Crippen LogP contribution in [0, 0.1) is 0 Å². The zero-order valence-corrected chi connectivity index (χ0v) is 13.5. The molecule has 12 nitrogen and oxygen atoms in total. The van der Waals surface area contributed by atoms with Gasteiger partial charge < -0.3 is 24.7 Å². The predicted octanol–water partition coefficient (Wildman–Crippen LogP) is -1.26. The van der Waals surface area contributed by atoms with Gasteiger partial charge in [-0.3, -0.25) is 13.3 Å². The summed E-state index contributed by atoms with van der Waals surface area (Å²) in [5, 5.41) is 20.3. The van der Waals surface area contributed by atoms with Crippen molar-refractivity contribution in [1.82, 2.24) is 19.5 Å². The minimum Gasteiger partial charge on any atom is -0.387 e. The third-order valence-electron chi connectivity index (χ3n) is 3.40. The summed E-state index contributed by atoms with van der Waals surface area (Å²) in [5.74, 6) is 0. The Labute approximate surface area is 139 Å². The van der Waals surface area contributed by atoms with E-state index in [2.05, 4.69) is 36.6 Å². The lowest BCUT2D eigenvalue weighted by molar-refractivity contribution is -0.141. The zero-order valence-electron chi connectivity index (χ0n) is 11.7. The molecule has 5 atom stereocenters. The van der Waals surface area contributed by atoms with Gasteiger partial charge in [0.1, 0.15) is 30.2 Å². The summed E-state index contributed by atoms with van der Waals surface area (Å²) in [4.78, 5) is 29.6. The Morgan fingerprint density at radius 2 is 2.08 bits per heavy atom. The lowest BCUT2D eigenvalue weighted by Gasteiger charge is -2.23. The highest BCUT2D eigenvalue weighted by Gasteiger charge is 2.50. The van der Waals surface area contributed by atoms with Gasteiger partial charge in [0.15, 0.2) is 11.9 Å². The maximum Gasteiger partial charge on any atom is 0.472 e. The molecule has 0 radical (unpaired) electrons. The number of rotatable bonds is 5. The molecule has 2 aromatic rings. The van der Waals surface area contributed by atoms with E-state index in [9.17, 15) is 14.8 Å². The molecule has 0 amide bonds. The maximum atomic E-state index is 11.0. The van der Waals surface area contributed by atoms with Gasteiger partial charge in [-0.05, 0) is 12.9 Å². The molecular weight excluding hydrogens is 367 g/mol. The molecule has 0 unspecified atom stereocenters. The molecular formula is C10H13N4O8PS. The minimum absolute atomic E-state index is 0.334. The number of aliphatic hydroxyl groups excluding tert-OH is 2. The smallest absolute Gasteiger partial charge is 0.387 e. The molecule has 0 bridgehead atoms. The van der Waals surface area contributed by atoms with Gasteiger partial charge in [-0.25, -0.2) is 19.5 Å². The number of thiol groups is 1. The lowest BCUT2D eigenvalue weighted by atomic mass is 10.1. The highest BCUT2D eigenvalue weighted by molar-refractivity contribution is 7.75. The van der Waals surface area contributed by atoms with E-state index in [1.165, 1.54) is 23.4 Å². The summed E-state index contributed by atoms with van der Waals surface area (Å²) >= 11 is 3.46. The van der Waals surface area contributed by atoms with E-state index in [0.29, 0.717) is 11.2 Å². The van der Waals surface area contributed by atoms with Crippen molar-refractivity contribution in [2.45, 2.75) is 30.8 Å². The van der Waals surface area contributed by atoms with E-state index in [-0.39, 0.29) is 0 Å². The van der Waals surface area contributed by atoms with Crippen molar-refractivity contribution < 1.29 is 38.0 Å².